The summed E-state index contributed by atoms with van der Waals surface area (Å²) >= 11 is 1.27. The molecule has 0 fully saturated rings. The van der Waals surface area contributed by atoms with E-state index in [2.05, 4.69) is 15.5 Å². The van der Waals surface area contributed by atoms with Crippen molar-refractivity contribution in [2.75, 3.05) is 16.8 Å². The van der Waals surface area contributed by atoms with Gasteiger partial charge in [0.2, 0.25) is 5.91 Å². The van der Waals surface area contributed by atoms with E-state index in [-0.39, 0.29) is 17.5 Å². The third-order valence-electron chi connectivity index (χ3n) is 3.44. The van der Waals surface area contributed by atoms with Crippen LogP contribution in [-0.4, -0.2) is 26.4 Å². The molecule has 2 aromatic carbocycles. The van der Waals surface area contributed by atoms with Crippen LogP contribution in [0.3, 0.4) is 0 Å². The number of amides is 1. The van der Waals surface area contributed by atoms with Crippen LogP contribution in [0.4, 0.5) is 15.8 Å². The first-order valence-electron chi connectivity index (χ1n) is 7.46. The summed E-state index contributed by atoms with van der Waals surface area (Å²) in [4.78, 5) is 12.0. The highest BCUT2D eigenvalue weighted by atomic mass is 32.2. The summed E-state index contributed by atoms with van der Waals surface area (Å²) < 4.78 is 14.7. The molecule has 0 saturated heterocycles. The van der Waals surface area contributed by atoms with Crippen molar-refractivity contribution in [2.45, 2.75) is 5.16 Å². The van der Waals surface area contributed by atoms with Crippen LogP contribution < -0.4 is 11.1 Å². The Hall–Kier alpha value is -2.87. The number of nitrogens with two attached hydrogens (primary N) is 1. The highest BCUT2D eigenvalue weighted by molar-refractivity contribution is 7.99. The Morgan fingerprint density at radius 3 is 2.72 bits per heavy atom. The average Bonchev–Trinajstić information content (AvgIpc) is 2.96. The topological polar surface area (TPSA) is 85.8 Å². The van der Waals surface area contributed by atoms with Crippen LogP contribution in [0.25, 0.3) is 11.4 Å². The number of hydrogen-bond acceptors (Lipinski definition) is 5. The molecule has 3 aromatic rings. The SMILES string of the molecule is Cn1c(SCC(=O)Nc2ccc(F)cc2)nnc1-c1cccc(N)c1. The number of carbonyl (C=O) groups excluding carboxylic acids is 1. The number of thioether (sulfide) groups is 1. The van der Waals surface area contributed by atoms with Crippen LogP contribution in [0.5, 0.6) is 0 Å². The largest absolute Gasteiger partial charge is 0.399 e. The Morgan fingerprint density at radius 1 is 1.24 bits per heavy atom. The molecule has 0 aliphatic carbocycles. The molecule has 6 nitrogen and oxygen atoms in total. The number of aromatic nitrogens is 3. The van der Waals surface area contributed by atoms with Crippen LogP contribution in [0.2, 0.25) is 0 Å². The standard InChI is InChI=1S/C17H16FN5OS/c1-23-16(11-3-2-4-13(19)9-11)21-22-17(23)25-10-15(24)20-14-7-5-12(18)6-8-14/h2-9H,10,19H2,1H3,(H,20,24). The third kappa shape index (κ3) is 4.16. The molecule has 0 aliphatic heterocycles. The first-order chi connectivity index (χ1) is 12.0. The number of anilines is 2. The predicted molar refractivity (Wildman–Crippen MR) is 96.6 cm³/mol. The lowest BCUT2D eigenvalue weighted by atomic mass is 10.2. The lowest BCUT2D eigenvalue weighted by Crippen LogP contribution is -2.14. The second-order valence-corrected chi connectivity index (χ2v) is 6.28. The molecule has 8 heteroatoms. The Bertz CT molecular complexity index is 894. The molecule has 0 saturated carbocycles. The van der Waals surface area contributed by atoms with E-state index in [4.69, 9.17) is 5.73 Å². The summed E-state index contributed by atoms with van der Waals surface area (Å²) in [6, 6.07) is 13.0. The van der Waals surface area contributed by atoms with Crippen LogP contribution in [-0.2, 0) is 11.8 Å². The van der Waals surface area contributed by atoms with Gasteiger partial charge in [-0.15, -0.1) is 10.2 Å². The molecule has 0 spiro atoms. The van der Waals surface area contributed by atoms with Crippen LogP contribution in [0.1, 0.15) is 0 Å². The van der Waals surface area contributed by atoms with Gasteiger partial charge in [0.25, 0.3) is 0 Å². The lowest BCUT2D eigenvalue weighted by molar-refractivity contribution is -0.113. The zero-order chi connectivity index (χ0) is 17.8. The van der Waals surface area contributed by atoms with E-state index in [0.29, 0.717) is 22.4 Å². The summed E-state index contributed by atoms with van der Waals surface area (Å²) in [7, 11) is 1.83. The minimum atomic E-state index is -0.347. The Labute approximate surface area is 148 Å². The van der Waals surface area contributed by atoms with Crippen molar-refractivity contribution in [2.24, 2.45) is 7.05 Å². The average molecular weight is 357 g/mol. The lowest BCUT2D eigenvalue weighted by Gasteiger charge is -2.06. The second-order valence-electron chi connectivity index (χ2n) is 5.33. The summed E-state index contributed by atoms with van der Waals surface area (Å²) in [5, 5.41) is 11.6. The van der Waals surface area contributed by atoms with Crippen molar-refractivity contribution >= 4 is 29.0 Å². The molecule has 3 N–H and O–H groups in total. The van der Waals surface area contributed by atoms with Crippen molar-refractivity contribution in [3.05, 3.63) is 54.3 Å². The van der Waals surface area contributed by atoms with E-state index in [0.717, 1.165) is 5.56 Å². The van der Waals surface area contributed by atoms with E-state index in [9.17, 15) is 9.18 Å². The van der Waals surface area contributed by atoms with Crippen LogP contribution in [0, 0.1) is 5.82 Å². The van der Waals surface area contributed by atoms with Gasteiger partial charge < -0.3 is 15.6 Å². The molecule has 0 bridgehead atoms. The van der Waals surface area contributed by atoms with Crippen LogP contribution >= 0.6 is 11.8 Å². The maximum atomic E-state index is 12.9. The molecule has 1 amide bonds. The summed E-state index contributed by atoms with van der Waals surface area (Å²) in [6.45, 7) is 0. The molecular weight excluding hydrogens is 341 g/mol. The summed E-state index contributed by atoms with van der Waals surface area (Å²) in [6.07, 6.45) is 0. The zero-order valence-corrected chi connectivity index (χ0v) is 14.3. The summed E-state index contributed by atoms with van der Waals surface area (Å²) in [5.74, 6) is 0.291. The molecule has 0 radical (unpaired) electrons. The highest BCUT2D eigenvalue weighted by Crippen LogP contribution is 2.24. The van der Waals surface area contributed by atoms with Gasteiger partial charge in [0.1, 0.15) is 5.82 Å². The molecular formula is C17H16FN5OS. The Balaban J connectivity index is 1.64. The fourth-order valence-electron chi connectivity index (χ4n) is 2.23. The number of carbonyl (C=O) groups is 1. The van der Waals surface area contributed by atoms with Crippen molar-refractivity contribution in [3.63, 3.8) is 0 Å². The molecule has 3 rings (SSSR count). The van der Waals surface area contributed by atoms with Gasteiger partial charge >= 0.3 is 0 Å². The zero-order valence-electron chi connectivity index (χ0n) is 13.4. The normalized spacial score (nSPS) is 10.6. The first-order valence-corrected chi connectivity index (χ1v) is 8.45. The quantitative estimate of drug-likeness (QED) is 0.542. The maximum absolute atomic E-state index is 12.9. The second kappa shape index (κ2) is 7.35. The fourth-order valence-corrected chi connectivity index (χ4v) is 2.94. The monoisotopic (exact) mass is 357 g/mol. The number of nitrogens with one attached hydrogen (secondary N) is 1. The van der Waals surface area contributed by atoms with E-state index in [1.807, 2.05) is 29.8 Å². The van der Waals surface area contributed by atoms with Gasteiger partial charge in [-0.25, -0.2) is 4.39 Å². The van der Waals surface area contributed by atoms with Gasteiger partial charge in [-0.05, 0) is 36.4 Å². The highest BCUT2D eigenvalue weighted by Gasteiger charge is 2.13. The molecule has 1 heterocycles. The van der Waals surface area contributed by atoms with E-state index < -0.39 is 0 Å². The van der Waals surface area contributed by atoms with Gasteiger partial charge in [-0.1, -0.05) is 23.9 Å². The Morgan fingerprint density at radius 2 is 2.00 bits per heavy atom. The molecule has 25 heavy (non-hydrogen) atoms. The van der Waals surface area contributed by atoms with Gasteiger partial charge in [0, 0.05) is 24.0 Å². The predicted octanol–water partition coefficient (Wildman–Crippen LogP) is 2.93. The molecule has 0 aliphatic rings. The number of nitrogens with zero attached hydrogens (tertiary/aromatic N) is 3. The first kappa shape index (κ1) is 17.0. The minimum Gasteiger partial charge on any atom is -0.399 e. The van der Waals surface area contributed by atoms with Crippen LogP contribution in [0.15, 0.2) is 53.7 Å². The van der Waals surface area contributed by atoms with Gasteiger partial charge in [0.05, 0.1) is 5.75 Å². The van der Waals surface area contributed by atoms with Gasteiger partial charge in [-0.3, -0.25) is 4.79 Å². The van der Waals surface area contributed by atoms with Gasteiger partial charge in [0.15, 0.2) is 11.0 Å². The van der Waals surface area contributed by atoms with E-state index in [1.165, 1.54) is 36.0 Å². The number of rotatable bonds is 5. The van der Waals surface area contributed by atoms with Crippen molar-refractivity contribution in [1.29, 1.82) is 0 Å². The number of nitrogen functional groups attached to an aromatic ring is 1. The molecule has 128 valence electrons. The number of benzene rings is 2. The number of halogens is 1. The Kier molecular flexibility index (Phi) is 4.99. The summed E-state index contributed by atoms with van der Waals surface area (Å²) in [5.41, 5.74) is 7.85. The number of hydrogen-bond donors (Lipinski definition) is 2. The maximum Gasteiger partial charge on any atom is 0.234 e. The van der Waals surface area contributed by atoms with Crippen molar-refractivity contribution in [1.82, 2.24) is 14.8 Å². The van der Waals surface area contributed by atoms with Crippen molar-refractivity contribution in [3.8, 4) is 11.4 Å². The molecule has 1 aromatic heterocycles. The van der Waals surface area contributed by atoms with E-state index >= 15 is 0 Å². The van der Waals surface area contributed by atoms with Gasteiger partial charge in [-0.2, -0.15) is 0 Å². The molecule has 0 unspecified atom stereocenters. The molecule has 0 atom stereocenters. The minimum absolute atomic E-state index is 0.167. The third-order valence-corrected chi connectivity index (χ3v) is 4.46. The van der Waals surface area contributed by atoms with Crippen molar-refractivity contribution < 1.29 is 9.18 Å². The van der Waals surface area contributed by atoms with E-state index in [1.54, 1.807) is 6.07 Å². The fraction of sp³-hybridized carbons (Fsp3) is 0.118. The smallest absolute Gasteiger partial charge is 0.234 e.